The number of carbonyl (C=O) groups excluding carboxylic acids is 3. The highest BCUT2D eigenvalue weighted by molar-refractivity contribution is 8.03. The molecule has 0 saturated carbocycles. The van der Waals surface area contributed by atoms with Crippen molar-refractivity contribution in [1.29, 1.82) is 0 Å². The van der Waals surface area contributed by atoms with Crippen molar-refractivity contribution in [1.82, 2.24) is 40.6 Å². The molecule has 38 heavy (non-hydrogen) atoms. The molecule has 3 amide bonds. The van der Waals surface area contributed by atoms with Gasteiger partial charge < -0.3 is 35.8 Å². The summed E-state index contributed by atoms with van der Waals surface area (Å²) in [4.78, 5) is 53.9. The second-order valence-electron chi connectivity index (χ2n) is 10.2. The molecular weight excluding hydrogens is 520 g/mol. The van der Waals surface area contributed by atoms with Crippen LogP contribution in [0, 0.1) is 11.8 Å². The summed E-state index contributed by atoms with van der Waals surface area (Å²) in [5.74, 6) is -2.98. The zero-order valence-electron chi connectivity index (χ0n) is 20.8. The van der Waals surface area contributed by atoms with Gasteiger partial charge in [0.05, 0.1) is 30.2 Å². The summed E-state index contributed by atoms with van der Waals surface area (Å²) in [7, 11) is 0. The van der Waals surface area contributed by atoms with E-state index in [1.54, 1.807) is 6.92 Å². The number of tetrazole rings is 1. The number of aliphatic hydroxyl groups is 2. The van der Waals surface area contributed by atoms with Gasteiger partial charge in [0.25, 0.3) is 0 Å². The Labute approximate surface area is 221 Å². The number of aliphatic carboxylic acids is 1. The topological polar surface area (TPSA) is 203 Å². The number of rotatable bonds is 8. The van der Waals surface area contributed by atoms with Crippen LogP contribution in [-0.2, 0) is 25.7 Å². The second kappa shape index (κ2) is 10.2. The van der Waals surface area contributed by atoms with Gasteiger partial charge in [-0.05, 0) is 23.8 Å². The predicted octanol–water partition coefficient (Wildman–Crippen LogP) is -3.02. The first kappa shape index (κ1) is 26.5. The van der Waals surface area contributed by atoms with Gasteiger partial charge in [0, 0.05) is 41.7 Å². The fourth-order valence-electron chi connectivity index (χ4n) is 5.82. The van der Waals surface area contributed by atoms with Crippen molar-refractivity contribution in [3.8, 4) is 0 Å². The number of aromatic nitrogens is 4. The van der Waals surface area contributed by atoms with Gasteiger partial charge in [-0.1, -0.05) is 6.92 Å². The van der Waals surface area contributed by atoms with E-state index in [0.29, 0.717) is 17.9 Å². The second-order valence-corrected chi connectivity index (χ2v) is 11.6. The van der Waals surface area contributed by atoms with Crippen LogP contribution in [0.2, 0.25) is 0 Å². The molecule has 4 aliphatic heterocycles. The van der Waals surface area contributed by atoms with E-state index in [-0.39, 0.29) is 54.2 Å². The van der Waals surface area contributed by atoms with Crippen molar-refractivity contribution in [2.45, 2.75) is 62.4 Å². The van der Waals surface area contributed by atoms with Gasteiger partial charge in [-0.3, -0.25) is 14.4 Å². The number of β-amino-alcohol motifs (C(OH)–C–C–N with tert-alkyl or cyclic N) is 2. The summed E-state index contributed by atoms with van der Waals surface area (Å²) in [6, 6.07) is -1.44. The lowest BCUT2D eigenvalue weighted by Crippen LogP contribution is -2.66. The number of hydrogen-bond donors (Lipinski definition) is 5. The third-order valence-corrected chi connectivity index (χ3v) is 9.18. The number of nitrogens with one attached hydrogen (secondary N) is 2. The standard InChI is InChI=1S/C22H30N8O7S/c1-9-17-16(10(2)25-15(33)7-29-8-24-26-27-29)21(35)30(17)18(22(36)37)19(9)38-11-3-12(23-4-11)20(34)28-5-13(31)14(32)6-28/h8-14,16-17,23,31-32H,3-7H2,1-2H3,(H,25,33)(H,36,37)/t9-,10-,11+,12?,13-,14-,16-,17-/m1/s1. The van der Waals surface area contributed by atoms with Gasteiger partial charge >= 0.3 is 5.97 Å². The number of carboxylic acid groups (broad SMARTS) is 1. The molecule has 0 aromatic carbocycles. The highest BCUT2D eigenvalue weighted by Crippen LogP contribution is 2.51. The maximum Gasteiger partial charge on any atom is 0.353 e. The molecule has 0 bridgehead atoms. The first-order valence-corrected chi connectivity index (χ1v) is 13.3. The van der Waals surface area contributed by atoms with Gasteiger partial charge in [-0.15, -0.1) is 16.9 Å². The predicted molar refractivity (Wildman–Crippen MR) is 130 cm³/mol. The molecule has 5 rings (SSSR count). The molecule has 206 valence electrons. The number of amides is 3. The summed E-state index contributed by atoms with van der Waals surface area (Å²) in [5, 5.41) is 46.0. The van der Waals surface area contributed by atoms with Crippen LogP contribution in [0.1, 0.15) is 20.3 Å². The van der Waals surface area contributed by atoms with Gasteiger partial charge in [-0.2, -0.15) is 0 Å². The Morgan fingerprint density at radius 2 is 1.97 bits per heavy atom. The van der Waals surface area contributed by atoms with E-state index in [9.17, 15) is 34.5 Å². The minimum atomic E-state index is -1.19. The Morgan fingerprint density at radius 1 is 1.26 bits per heavy atom. The van der Waals surface area contributed by atoms with Crippen LogP contribution in [0.3, 0.4) is 0 Å². The molecule has 5 heterocycles. The van der Waals surface area contributed by atoms with E-state index in [1.165, 1.54) is 32.6 Å². The smallest absolute Gasteiger partial charge is 0.353 e. The zero-order chi connectivity index (χ0) is 27.3. The Bertz CT molecular complexity index is 1150. The Kier molecular flexibility index (Phi) is 7.15. The fraction of sp³-hybridized carbons (Fsp3) is 0.682. The lowest BCUT2D eigenvalue weighted by atomic mass is 9.78. The molecule has 1 aromatic heterocycles. The van der Waals surface area contributed by atoms with Gasteiger partial charge in [-0.25, -0.2) is 9.48 Å². The number of hydrogen-bond acceptors (Lipinski definition) is 11. The van der Waals surface area contributed by atoms with Gasteiger partial charge in [0.1, 0.15) is 18.6 Å². The molecule has 3 fully saturated rings. The third kappa shape index (κ3) is 4.65. The number of likely N-dealkylation sites (tertiary alicyclic amines) is 1. The summed E-state index contributed by atoms with van der Waals surface area (Å²) in [6.07, 6.45) is -0.175. The number of carbonyl (C=O) groups is 4. The van der Waals surface area contributed by atoms with Gasteiger partial charge in [0.2, 0.25) is 17.7 Å². The Hall–Kier alpha value is -3.08. The minimum Gasteiger partial charge on any atom is -0.477 e. The number of nitrogens with zero attached hydrogens (tertiary/aromatic N) is 6. The number of carboxylic acids is 1. The van der Waals surface area contributed by atoms with Crippen molar-refractivity contribution >= 4 is 35.5 Å². The van der Waals surface area contributed by atoms with Crippen molar-refractivity contribution in [3.05, 3.63) is 16.9 Å². The lowest BCUT2D eigenvalue weighted by molar-refractivity contribution is -0.158. The fourth-order valence-corrected chi connectivity index (χ4v) is 7.30. The van der Waals surface area contributed by atoms with E-state index in [2.05, 4.69) is 26.2 Å². The van der Waals surface area contributed by atoms with Crippen molar-refractivity contribution in [2.75, 3.05) is 19.6 Å². The van der Waals surface area contributed by atoms with Crippen molar-refractivity contribution in [3.63, 3.8) is 0 Å². The average molecular weight is 551 g/mol. The normalized spacial score (nSPS) is 33.4. The third-order valence-electron chi connectivity index (χ3n) is 7.67. The van der Waals surface area contributed by atoms with Crippen LogP contribution < -0.4 is 10.6 Å². The summed E-state index contributed by atoms with van der Waals surface area (Å²) in [6.45, 7) is 4.11. The maximum atomic E-state index is 13.1. The molecule has 0 radical (unpaired) electrons. The Morgan fingerprint density at radius 3 is 2.61 bits per heavy atom. The summed E-state index contributed by atoms with van der Waals surface area (Å²) < 4.78 is 1.26. The first-order valence-electron chi connectivity index (χ1n) is 12.4. The average Bonchev–Trinajstić information content (AvgIpc) is 3.63. The molecule has 0 spiro atoms. The molecule has 5 N–H and O–H groups in total. The first-order chi connectivity index (χ1) is 18.1. The van der Waals surface area contributed by atoms with Gasteiger partial charge in [0.15, 0.2) is 0 Å². The number of fused-ring (bicyclic) bond motifs is 1. The monoisotopic (exact) mass is 550 g/mol. The number of β-lactam (4-membered cyclic amide) rings is 1. The summed E-state index contributed by atoms with van der Waals surface area (Å²) >= 11 is 1.36. The van der Waals surface area contributed by atoms with E-state index < -0.39 is 42.2 Å². The van der Waals surface area contributed by atoms with Crippen LogP contribution in [0.15, 0.2) is 16.9 Å². The van der Waals surface area contributed by atoms with E-state index >= 15 is 0 Å². The molecule has 4 aliphatic rings. The highest BCUT2D eigenvalue weighted by Gasteiger charge is 2.60. The molecule has 16 heteroatoms. The lowest BCUT2D eigenvalue weighted by Gasteiger charge is -2.47. The molecule has 3 saturated heterocycles. The van der Waals surface area contributed by atoms with Crippen LogP contribution in [0.25, 0.3) is 0 Å². The molecular formula is C22H30N8O7S. The van der Waals surface area contributed by atoms with Crippen molar-refractivity contribution < 1.29 is 34.5 Å². The quantitative estimate of drug-likeness (QED) is 0.205. The minimum absolute atomic E-state index is 0.0402. The Balaban J connectivity index is 1.23. The highest BCUT2D eigenvalue weighted by atomic mass is 32.2. The van der Waals surface area contributed by atoms with Crippen molar-refractivity contribution in [2.24, 2.45) is 11.8 Å². The molecule has 15 nitrogen and oxygen atoms in total. The largest absolute Gasteiger partial charge is 0.477 e. The van der Waals surface area contributed by atoms with Crippen LogP contribution in [0.5, 0.6) is 0 Å². The van der Waals surface area contributed by atoms with Crippen LogP contribution in [0.4, 0.5) is 0 Å². The zero-order valence-corrected chi connectivity index (χ0v) is 21.6. The van der Waals surface area contributed by atoms with Crippen LogP contribution >= 0.6 is 11.8 Å². The van der Waals surface area contributed by atoms with Crippen LogP contribution in [-0.4, -0.2) is 124 Å². The molecule has 1 unspecified atom stereocenters. The maximum absolute atomic E-state index is 13.1. The van der Waals surface area contributed by atoms with E-state index in [1.807, 2.05) is 6.92 Å². The summed E-state index contributed by atoms with van der Waals surface area (Å²) in [5.41, 5.74) is -0.0402. The molecule has 8 atom stereocenters. The SMILES string of the molecule is C[C@@H](NC(=O)Cn1cnnn1)[C@H]1C(=O)N2C(C(=O)O)=C(S[C@@H]3CNC(C(=O)N4C[C@@H](O)[C@H](O)C4)C3)[C@H](C)[C@H]12. The molecule has 1 aromatic rings. The van der Waals surface area contributed by atoms with E-state index in [4.69, 9.17) is 0 Å². The number of aliphatic hydroxyl groups excluding tert-OH is 2. The molecule has 0 aliphatic carbocycles. The number of thioether (sulfide) groups is 1. The van der Waals surface area contributed by atoms with E-state index in [0.717, 1.165) is 0 Å².